The highest BCUT2D eigenvalue weighted by Crippen LogP contribution is 2.16. The molecule has 1 N–H and O–H groups in total. The fourth-order valence-corrected chi connectivity index (χ4v) is 3.59. The molecular weight excluding hydrogens is 336 g/mol. The van der Waals surface area contributed by atoms with Crippen LogP contribution in [0.1, 0.15) is 19.8 Å². The molecule has 2 heterocycles. The van der Waals surface area contributed by atoms with Gasteiger partial charge in [-0.15, -0.1) is 5.10 Å². The van der Waals surface area contributed by atoms with E-state index in [0.29, 0.717) is 18.0 Å². The number of carbonyl (C=O) groups is 1. The Morgan fingerprint density at radius 3 is 2.88 bits per heavy atom. The molecule has 0 amide bonds. The summed E-state index contributed by atoms with van der Waals surface area (Å²) >= 11 is 5.56. The predicted molar refractivity (Wildman–Crippen MR) is 97.5 cm³/mol. The molecular formula is C18H25N4O2S+. The van der Waals surface area contributed by atoms with Gasteiger partial charge in [0.1, 0.15) is 5.92 Å². The second-order valence-corrected chi connectivity index (χ2v) is 6.85. The molecule has 1 aliphatic heterocycles. The van der Waals surface area contributed by atoms with Crippen LogP contribution in [0.25, 0.3) is 11.4 Å². The van der Waals surface area contributed by atoms with Gasteiger partial charge in [0, 0.05) is 12.6 Å². The second kappa shape index (κ2) is 7.93. The number of likely N-dealkylation sites (tertiary alicyclic amines) is 1. The average Bonchev–Trinajstić information content (AvgIpc) is 2.91. The van der Waals surface area contributed by atoms with E-state index in [9.17, 15) is 4.79 Å². The Balaban J connectivity index is 1.75. The molecule has 2 atom stereocenters. The van der Waals surface area contributed by atoms with Crippen LogP contribution in [0.3, 0.4) is 0 Å². The molecule has 2 aromatic rings. The molecule has 0 spiro atoms. The molecule has 0 bridgehead atoms. The number of nitrogens with one attached hydrogen (secondary N) is 1. The molecule has 1 unspecified atom stereocenters. The van der Waals surface area contributed by atoms with Crippen LogP contribution in [0.5, 0.6) is 0 Å². The minimum Gasteiger partial charge on any atom is -0.466 e. The molecule has 1 aliphatic rings. The number of piperidine rings is 1. The van der Waals surface area contributed by atoms with Crippen molar-refractivity contribution in [2.24, 2.45) is 13.0 Å². The molecule has 1 aromatic carbocycles. The van der Waals surface area contributed by atoms with Crippen molar-refractivity contribution in [2.75, 3.05) is 19.7 Å². The van der Waals surface area contributed by atoms with Crippen molar-refractivity contribution in [2.45, 2.75) is 26.4 Å². The number of rotatable bonds is 5. The summed E-state index contributed by atoms with van der Waals surface area (Å²) < 4.78 is 9.70. The number of hydrogen-bond donors (Lipinski definition) is 1. The molecule has 1 fully saturated rings. The summed E-state index contributed by atoms with van der Waals surface area (Å²) in [6.07, 6.45) is 1.93. The minimum absolute atomic E-state index is 0.0184. The van der Waals surface area contributed by atoms with E-state index >= 15 is 0 Å². The molecule has 0 saturated carbocycles. The summed E-state index contributed by atoms with van der Waals surface area (Å²) in [5.41, 5.74) is 1.05. The first kappa shape index (κ1) is 17.8. The van der Waals surface area contributed by atoms with Gasteiger partial charge in [0.15, 0.2) is 12.5 Å². The summed E-state index contributed by atoms with van der Waals surface area (Å²) in [6, 6.07) is 10.1. The number of quaternary nitrogens is 1. The summed E-state index contributed by atoms with van der Waals surface area (Å²) in [6.45, 7) is 4.77. The molecule has 7 heteroatoms. The van der Waals surface area contributed by atoms with Crippen LogP contribution in [0.4, 0.5) is 0 Å². The normalized spacial score (nSPS) is 20.4. The third kappa shape index (κ3) is 3.99. The molecule has 1 saturated heterocycles. The maximum atomic E-state index is 12.0. The van der Waals surface area contributed by atoms with Gasteiger partial charge in [0.05, 0.1) is 19.7 Å². The largest absolute Gasteiger partial charge is 0.466 e. The van der Waals surface area contributed by atoms with Gasteiger partial charge in [-0.05, 0) is 32.0 Å². The Morgan fingerprint density at radius 1 is 1.40 bits per heavy atom. The van der Waals surface area contributed by atoms with Crippen LogP contribution in [0.15, 0.2) is 30.3 Å². The van der Waals surface area contributed by atoms with Crippen molar-refractivity contribution in [3.8, 4) is 11.4 Å². The minimum atomic E-state index is -0.0747. The van der Waals surface area contributed by atoms with Crippen LogP contribution in [0, 0.1) is 10.7 Å². The topological polar surface area (TPSA) is 53.5 Å². The van der Waals surface area contributed by atoms with Crippen molar-refractivity contribution >= 4 is 18.2 Å². The summed E-state index contributed by atoms with van der Waals surface area (Å²) in [5.74, 6) is 0.772. The third-order valence-corrected chi connectivity index (χ3v) is 5.17. The summed E-state index contributed by atoms with van der Waals surface area (Å²) in [4.78, 5) is 13.3. The Bertz CT molecular complexity index is 784. The highest BCUT2D eigenvalue weighted by molar-refractivity contribution is 7.71. The lowest BCUT2D eigenvalue weighted by Crippen LogP contribution is -3.13. The van der Waals surface area contributed by atoms with Crippen molar-refractivity contribution in [1.29, 1.82) is 0 Å². The van der Waals surface area contributed by atoms with Crippen LogP contribution < -0.4 is 4.90 Å². The monoisotopic (exact) mass is 361 g/mol. The van der Waals surface area contributed by atoms with Crippen molar-refractivity contribution < 1.29 is 14.4 Å². The number of benzene rings is 1. The highest BCUT2D eigenvalue weighted by atomic mass is 32.1. The van der Waals surface area contributed by atoms with E-state index in [0.717, 1.165) is 37.3 Å². The van der Waals surface area contributed by atoms with Crippen molar-refractivity contribution in [1.82, 2.24) is 14.3 Å². The van der Waals surface area contributed by atoms with E-state index in [1.54, 1.807) is 0 Å². The number of esters is 1. The summed E-state index contributed by atoms with van der Waals surface area (Å²) in [7, 11) is 1.95. The van der Waals surface area contributed by atoms with Gasteiger partial charge < -0.3 is 14.2 Å². The van der Waals surface area contributed by atoms with E-state index < -0.39 is 0 Å². The zero-order chi connectivity index (χ0) is 17.8. The zero-order valence-corrected chi connectivity index (χ0v) is 15.6. The quantitative estimate of drug-likeness (QED) is 0.647. The zero-order valence-electron chi connectivity index (χ0n) is 14.8. The van der Waals surface area contributed by atoms with Gasteiger partial charge in [-0.3, -0.25) is 4.79 Å². The Kier molecular flexibility index (Phi) is 5.65. The summed E-state index contributed by atoms with van der Waals surface area (Å²) in [5, 5.41) is 4.72. The maximum absolute atomic E-state index is 12.0. The molecule has 6 nitrogen and oxygen atoms in total. The molecule has 1 aromatic heterocycles. The number of aromatic nitrogens is 3. The number of nitrogens with zero attached hydrogens (tertiary/aromatic N) is 3. The Hall–Kier alpha value is -1.99. The molecule has 134 valence electrons. The van der Waals surface area contributed by atoms with E-state index in [-0.39, 0.29) is 11.9 Å². The lowest BCUT2D eigenvalue weighted by atomic mass is 9.99. The van der Waals surface area contributed by atoms with Gasteiger partial charge in [0.2, 0.25) is 4.77 Å². The van der Waals surface area contributed by atoms with E-state index in [4.69, 9.17) is 22.1 Å². The van der Waals surface area contributed by atoms with E-state index in [1.165, 1.54) is 4.90 Å². The van der Waals surface area contributed by atoms with Crippen LogP contribution >= 0.6 is 12.2 Å². The highest BCUT2D eigenvalue weighted by Gasteiger charge is 2.30. The molecule has 0 aliphatic carbocycles. The lowest BCUT2D eigenvalue weighted by molar-refractivity contribution is -0.930. The first-order valence-corrected chi connectivity index (χ1v) is 9.20. The first-order valence-electron chi connectivity index (χ1n) is 8.79. The number of ether oxygens (including phenoxy) is 1. The van der Waals surface area contributed by atoms with Crippen LogP contribution in [-0.2, 0) is 23.2 Å². The van der Waals surface area contributed by atoms with Gasteiger partial charge in [-0.25, -0.2) is 0 Å². The van der Waals surface area contributed by atoms with Crippen molar-refractivity contribution in [3.05, 3.63) is 35.1 Å². The van der Waals surface area contributed by atoms with Crippen LogP contribution in [0.2, 0.25) is 0 Å². The Labute approximate surface area is 153 Å². The number of hydrogen-bond acceptors (Lipinski definition) is 4. The predicted octanol–water partition coefficient (Wildman–Crippen LogP) is 1.43. The van der Waals surface area contributed by atoms with Gasteiger partial charge in [-0.1, -0.05) is 30.3 Å². The Morgan fingerprint density at radius 2 is 2.16 bits per heavy atom. The lowest BCUT2D eigenvalue weighted by Gasteiger charge is -2.28. The second-order valence-electron chi connectivity index (χ2n) is 6.48. The third-order valence-electron chi connectivity index (χ3n) is 4.68. The smallest absolute Gasteiger partial charge is 0.314 e. The van der Waals surface area contributed by atoms with Crippen LogP contribution in [-0.4, -0.2) is 40.0 Å². The maximum Gasteiger partial charge on any atom is 0.314 e. The van der Waals surface area contributed by atoms with Crippen molar-refractivity contribution in [3.63, 3.8) is 0 Å². The molecule has 25 heavy (non-hydrogen) atoms. The van der Waals surface area contributed by atoms with E-state index in [1.807, 2.05) is 53.6 Å². The molecule has 0 radical (unpaired) electrons. The standard InChI is InChI=1S/C18H24N4O2S/c1-3-24-17(23)15-10-7-11-21(12-15)13-22-18(25)20(2)16(19-22)14-8-5-4-6-9-14/h4-6,8-9,15H,3,7,10-13H2,1-2H3/p+1/t15-/m1/s1. The SMILES string of the molecule is CCOC(=O)[C@@H]1CCC[NH+](Cn2nc(-c3ccccc3)n(C)c2=S)C1. The first-order chi connectivity index (χ1) is 12.1. The fourth-order valence-electron chi connectivity index (χ4n) is 3.40. The van der Waals surface area contributed by atoms with Gasteiger partial charge in [0.25, 0.3) is 0 Å². The number of carbonyl (C=O) groups excluding carboxylic acids is 1. The van der Waals surface area contributed by atoms with Gasteiger partial charge >= 0.3 is 5.97 Å². The molecule has 3 rings (SSSR count). The van der Waals surface area contributed by atoms with E-state index in [2.05, 4.69) is 0 Å². The average molecular weight is 361 g/mol. The van der Waals surface area contributed by atoms with Gasteiger partial charge in [-0.2, -0.15) is 4.68 Å². The fraction of sp³-hybridized carbons (Fsp3) is 0.500.